The molecule has 3 nitrogen and oxygen atoms in total. The molecule has 0 aliphatic heterocycles. The van der Waals surface area contributed by atoms with Crippen LogP contribution in [0.5, 0.6) is 0 Å². The van der Waals surface area contributed by atoms with Crippen LogP contribution in [0.2, 0.25) is 0 Å². The van der Waals surface area contributed by atoms with Crippen molar-refractivity contribution in [1.82, 2.24) is 5.32 Å². The van der Waals surface area contributed by atoms with Crippen molar-refractivity contribution in [3.05, 3.63) is 30.1 Å². The van der Waals surface area contributed by atoms with Gasteiger partial charge < -0.3 is 10.4 Å². The third-order valence-electron chi connectivity index (χ3n) is 2.32. The lowest BCUT2D eigenvalue weighted by molar-refractivity contribution is -0.118. The minimum atomic E-state index is -0.338. The third-order valence-corrected chi connectivity index (χ3v) is 3.36. The molecule has 0 saturated heterocycles. The van der Waals surface area contributed by atoms with Crippen molar-refractivity contribution in [3.8, 4) is 0 Å². The van der Waals surface area contributed by atoms with Crippen molar-refractivity contribution in [2.45, 2.75) is 30.8 Å². The zero-order chi connectivity index (χ0) is 13.4. The van der Waals surface area contributed by atoms with Gasteiger partial charge in [0.25, 0.3) is 0 Å². The van der Waals surface area contributed by atoms with Crippen LogP contribution in [0.3, 0.4) is 0 Å². The van der Waals surface area contributed by atoms with Crippen molar-refractivity contribution in [2.24, 2.45) is 0 Å². The standard InChI is InChI=1S/C13H18FNO2S/c1-10(16)5-4-8-15-13(17)9-18-12-7-3-2-6-11(12)14/h2-3,6-7,10,16H,4-5,8-9H2,1H3,(H,15,17). The molecule has 5 heteroatoms. The number of thioether (sulfide) groups is 1. The Bertz CT molecular complexity index is 385. The molecule has 0 aliphatic rings. The largest absolute Gasteiger partial charge is 0.393 e. The molecule has 0 saturated carbocycles. The molecule has 0 heterocycles. The molecule has 0 aliphatic carbocycles. The van der Waals surface area contributed by atoms with Gasteiger partial charge in [-0.05, 0) is 31.9 Å². The summed E-state index contributed by atoms with van der Waals surface area (Å²) >= 11 is 1.18. The Kier molecular flexibility index (Phi) is 6.75. The minimum absolute atomic E-state index is 0.117. The highest BCUT2D eigenvalue weighted by molar-refractivity contribution is 8.00. The van der Waals surface area contributed by atoms with Gasteiger partial charge in [0.1, 0.15) is 5.82 Å². The maximum absolute atomic E-state index is 13.3. The van der Waals surface area contributed by atoms with Gasteiger partial charge in [0.05, 0.1) is 11.9 Å². The van der Waals surface area contributed by atoms with Crippen LogP contribution in [0, 0.1) is 5.82 Å². The molecule has 100 valence electrons. The monoisotopic (exact) mass is 271 g/mol. The van der Waals surface area contributed by atoms with Crippen molar-refractivity contribution in [3.63, 3.8) is 0 Å². The fourth-order valence-corrected chi connectivity index (χ4v) is 2.15. The van der Waals surface area contributed by atoms with Crippen LogP contribution >= 0.6 is 11.8 Å². The molecule has 1 amide bonds. The average molecular weight is 271 g/mol. The lowest BCUT2D eigenvalue weighted by Crippen LogP contribution is -2.26. The van der Waals surface area contributed by atoms with E-state index < -0.39 is 0 Å². The Morgan fingerprint density at radius 2 is 2.22 bits per heavy atom. The maximum atomic E-state index is 13.3. The number of carbonyl (C=O) groups excluding carboxylic acids is 1. The van der Waals surface area contributed by atoms with Crippen LogP contribution < -0.4 is 5.32 Å². The lowest BCUT2D eigenvalue weighted by Gasteiger charge is -2.06. The number of aliphatic hydroxyl groups excluding tert-OH is 1. The van der Waals surface area contributed by atoms with E-state index in [0.29, 0.717) is 17.9 Å². The molecule has 1 rings (SSSR count). The number of carbonyl (C=O) groups is 1. The second-order valence-corrected chi connectivity index (χ2v) is 5.08. The summed E-state index contributed by atoms with van der Waals surface area (Å²) in [6.45, 7) is 2.26. The van der Waals surface area contributed by atoms with E-state index in [2.05, 4.69) is 5.32 Å². The SMILES string of the molecule is CC(O)CCCNC(=O)CSc1ccccc1F. The van der Waals surface area contributed by atoms with Gasteiger partial charge in [-0.15, -0.1) is 11.8 Å². The van der Waals surface area contributed by atoms with E-state index >= 15 is 0 Å². The highest BCUT2D eigenvalue weighted by Gasteiger charge is 2.05. The van der Waals surface area contributed by atoms with E-state index in [1.807, 2.05) is 0 Å². The number of nitrogens with one attached hydrogen (secondary N) is 1. The minimum Gasteiger partial charge on any atom is -0.393 e. The highest BCUT2D eigenvalue weighted by atomic mass is 32.2. The zero-order valence-corrected chi connectivity index (χ0v) is 11.2. The molecule has 1 unspecified atom stereocenters. The molecule has 0 fully saturated rings. The molecule has 1 aromatic carbocycles. The van der Waals surface area contributed by atoms with Gasteiger partial charge in [-0.1, -0.05) is 12.1 Å². The fourth-order valence-electron chi connectivity index (χ4n) is 1.38. The van der Waals surface area contributed by atoms with Crippen LogP contribution in [0.25, 0.3) is 0 Å². The van der Waals surface area contributed by atoms with Gasteiger partial charge in [-0.3, -0.25) is 4.79 Å². The topological polar surface area (TPSA) is 49.3 Å². The highest BCUT2D eigenvalue weighted by Crippen LogP contribution is 2.20. The van der Waals surface area contributed by atoms with E-state index in [9.17, 15) is 9.18 Å². The lowest BCUT2D eigenvalue weighted by atomic mass is 10.2. The van der Waals surface area contributed by atoms with E-state index in [1.54, 1.807) is 25.1 Å². The Morgan fingerprint density at radius 1 is 1.50 bits per heavy atom. The summed E-state index contributed by atoms with van der Waals surface area (Å²) in [4.78, 5) is 11.9. The van der Waals surface area contributed by atoms with Crippen LogP contribution in [0.15, 0.2) is 29.2 Å². The summed E-state index contributed by atoms with van der Waals surface area (Å²) in [5.74, 6) is -0.214. The Morgan fingerprint density at radius 3 is 2.89 bits per heavy atom. The predicted octanol–water partition coefficient (Wildman–Crippen LogP) is 2.20. The molecule has 2 N–H and O–H groups in total. The molecule has 1 atom stereocenters. The van der Waals surface area contributed by atoms with Gasteiger partial charge in [0, 0.05) is 11.4 Å². The van der Waals surface area contributed by atoms with Crippen molar-refractivity contribution in [2.75, 3.05) is 12.3 Å². The Balaban J connectivity index is 2.19. The molecule has 0 bridgehead atoms. The van der Waals surface area contributed by atoms with Crippen molar-refractivity contribution in [1.29, 1.82) is 0 Å². The van der Waals surface area contributed by atoms with Crippen LogP contribution in [-0.2, 0) is 4.79 Å². The van der Waals surface area contributed by atoms with E-state index in [-0.39, 0.29) is 23.6 Å². The molecular formula is C13H18FNO2S. The quantitative estimate of drug-likeness (QED) is 0.590. The first kappa shape index (κ1) is 15.0. The Hall–Kier alpha value is -1.07. The smallest absolute Gasteiger partial charge is 0.230 e. The fraction of sp³-hybridized carbons (Fsp3) is 0.462. The summed E-state index contributed by atoms with van der Waals surface area (Å²) in [6.07, 6.45) is 1.07. The molecule has 1 aromatic rings. The number of rotatable bonds is 7. The van der Waals surface area contributed by atoms with Gasteiger partial charge in [0.2, 0.25) is 5.91 Å². The van der Waals surface area contributed by atoms with Gasteiger partial charge in [0.15, 0.2) is 0 Å². The summed E-state index contributed by atoms with van der Waals surface area (Å²) in [5, 5.41) is 11.8. The number of halogens is 1. The molecule has 18 heavy (non-hydrogen) atoms. The number of hydrogen-bond donors (Lipinski definition) is 2. The van der Waals surface area contributed by atoms with Crippen molar-refractivity contribution < 1.29 is 14.3 Å². The normalized spacial score (nSPS) is 12.2. The van der Waals surface area contributed by atoms with Gasteiger partial charge in [-0.2, -0.15) is 0 Å². The average Bonchev–Trinajstić information content (AvgIpc) is 2.33. The number of amides is 1. The number of aliphatic hydroxyl groups is 1. The third kappa shape index (κ3) is 6.02. The summed E-state index contributed by atoms with van der Waals surface area (Å²) in [5.41, 5.74) is 0. The van der Waals surface area contributed by atoms with E-state index in [0.717, 1.165) is 6.42 Å². The first-order valence-corrected chi connectivity index (χ1v) is 6.90. The summed E-state index contributed by atoms with van der Waals surface area (Å²) in [7, 11) is 0. The predicted molar refractivity (Wildman–Crippen MR) is 71.0 cm³/mol. The van der Waals surface area contributed by atoms with E-state index in [1.165, 1.54) is 17.8 Å². The van der Waals surface area contributed by atoms with Crippen LogP contribution in [-0.4, -0.2) is 29.4 Å². The van der Waals surface area contributed by atoms with E-state index in [4.69, 9.17) is 5.11 Å². The molecule has 0 radical (unpaired) electrons. The number of hydrogen-bond acceptors (Lipinski definition) is 3. The van der Waals surface area contributed by atoms with Gasteiger partial charge >= 0.3 is 0 Å². The molecule has 0 spiro atoms. The Labute approximate surface area is 111 Å². The van der Waals surface area contributed by atoms with Crippen LogP contribution in [0.1, 0.15) is 19.8 Å². The molecule has 0 aromatic heterocycles. The number of benzene rings is 1. The first-order chi connectivity index (χ1) is 8.59. The summed E-state index contributed by atoms with van der Waals surface area (Å²) < 4.78 is 13.3. The second-order valence-electron chi connectivity index (χ2n) is 4.06. The first-order valence-electron chi connectivity index (χ1n) is 5.91. The summed E-state index contributed by atoms with van der Waals surface area (Å²) in [6, 6.07) is 6.39. The molecular weight excluding hydrogens is 253 g/mol. The van der Waals surface area contributed by atoms with Crippen molar-refractivity contribution >= 4 is 17.7 Å². The zero-order valence-electron chi connectivity index (χ0n) is 10.4. The second kappa shape index (κ2) is 8.11. The van der Waals surface area contributed by atoms with Crippen LogP contribution in [0.4, 0.5) is 4.39 Å². The maximum Gasteiger partial charge on any atom is 0.230 e. The van der Waals surface area contributed by atoms with Gasteiger partial charge in [-0.25, -0.2) is 4.39 Å².